The van der Waals surface area contributed by atoms with Crippen molar-refractivity contribution < 1.29 is 31.5 Å². The van der Waals surface area contributed by atoms with E-state index < -0.39 is 45.6 Å². The lowest BCUT2D eigenvalue weighted by molar-refractivity contribution is -0.123. The van der Waals surface area contributed by atoms with E-state index in [0.29, 0.717) is 0 Å². The lowest BCUT2D eigenvalue weighted by atomic mass is 10.2. The van der Waals surface area contributed by atoms with Gasteiger partial charge >= 0.3 is 0 Å². The summed E-state index contributed by atoms with van der Waals surface area (Å²) in [7, 11) is -3.90. The Labute approximate surface area is 172 Å². The second-order valence-electron chi connectivity index (χ2n) is 5.95. The molecule has 0 heterocycles. The summed E-state index contributed by atoms with van der Waals surface area (Å²) in [5, 5.41) is 0. The Bertz CT molecular complexity index is 1030. The van der Waals surface area contributed by atoms with Crippen molar-refractivity contribution in [2.75, 3.05) is 19.7 Å². The van der Waals surface area contributed by atoms with Crippen molar-refractivity contribution in [1.29, 1.82) is 0 Å². The van der Waals surface area contributed by atoms with E-state index in [2.05, 4.69) is 0 Å². The van der Waals surface area contributed by atoms with Gasteiger partial charge in [-0.05, 0) is 30.3 Å². The number of carbonyl (C=O) groups is 2. The van der Waals surface area contributed by atoms with Gasteiger partial charge in [0.25, 0.3) is 11.8 Å². The van der Waals surface area contributed by atoms with E-state index in [1.54, 1.807) is 13.8 Å². The molecule has 11 heteroatoms. The zero-order valence-corrected chi connectivity index (χ0v) is 17.1. The predicted octanol–water partition coefficient (Wildman–Crippen LogP) is 1.84. The number of halogens is 2. The van der Waals surface area contributed by atoms with Gasteiger partial charge < -0.3 is 4.74 Å². The third-order valence-electron chi connectivity index (χ3n) is 4.04. The van der Waals surface area contributed by atoms with Crippen LogP contribution < -0.4 is 15.6 Å². The van der Waals surface area contributed by atoms with Crippen LogP contribution in [0.3, 0.4) is 0 Å². The second-order valence-corrected chi connectivity index (χ2v) is 7.89. The van der Waals surface area contributed by atoms with Crippen LogP contribution >= 0.6 is 0 Å². The van der Waals surface area contributed by atoms with E-state index in [-0.39, 0.29) is 23.7 Å². The third kappa shape index (κ3) is 5.51. The van der Waals surface area contributed by atoms with Crippen molar-refractivity contribution in [2.45, 2.75) is 18.7 Å². The molecule has 30 heavy (non-hydrogen) atoms. The summed E-state index contributed by atoms with van der Waals surface area (Å²) < 4.78 is 58.7. The molecule has 0 bridgehead atoms. The minimum absolute atomic E-state index is 0.153. The predicted molar refractivity (Wildman–Crippen MR) is 104 cm³/mol. The number of sulfonamides is 1. The molecule has 0 aliphatic carbocycles. The van der Waals surface area contributed by atoms with Crippen LogP contribution in [0.2, 0.25) is 0 Å². The van der Waals surface area contributed by atoms with Crippen LogP contribution in [0.15, 0.2) is 47.4 Å². The van der Waals surface area contributed by atoms with E-state index in [1.807, 2.05) is 10.9 Å². The van der Waals surface area contributed by atoms with Gasteiger partial charge in [-0.15, -0.1) is 0 Å². The highest BCUT2D eigenvalue weighted by atomic mass is 32.2. The fourth-order valence-corrected chi connectivity index (χ4v) is 3.97. The van der Waals surface area contributed by atoms with Crippen molar-refractivity contribution in [3.63, 3.8) is 0 Å². The molecule has 0 atom stereocenters. The number of para-hydroxylation sites is 1. The fraction of sp³-hybridized carbons (Fsp3) is 0.263. The van der Waals surface area contributed by atoms with Crippen molar-refractivity contribution >= 4 is 21.8 Å². The Hall–Kier alpha value is -3.05. The molecule has 0 saturated carbocycles. The molecule has 0 saturated heterocycles. The standard InChI is InChI=1S/C19H21F2N3O5S/c1-3-24(4-2)30(27,28)13-9-10-15(20)14(11-13)19(26)23-22-18(25)12-29-17-8-6-5-7-16(17)21/h5-11H,3-4,12H2,1-2H3,(H,22,25)(H,23,26). The highest BCUT2D eigenvalue weighted by Gasteiger charge is 2.24. The van der Waals surface area contributed by atoms with E-state index >= 15 is 0 Å². The zero-order chi connectivity index (χ0) is 22.3. The van der Waals surface area contributed by atoms with Crippen molar-refractivity contribution in [1.82, 2.24) is 15.2 Å². The van der Waals surface area contributed by atoms with Crippen LogP contribution in [0.1, 0.15) is 24.2 Å². The van der Waals surface area contributed by atoms with Gasteiger partial charge in [0.05, 0.1) is 10.5 Å². The summed E-state index contributed by atoms with van der Waals surface area (Å²) in [6.07, 6.45) is 0. The first-order valence-corrected chi connectivity index (χ1v) is 10.4. The monoisotopic (exact) mass is 441 g/mol. The molecule has 2 aromatic carbocycles. The minimum Gasteiger partial charge on any atom is -0.481 e. The molecule has 2 aromatic rings. The van der Waals surface area contributed by atoms with Gasteiger partial charge in [0, 0.05) is 13.1 Å². The SMILES string of the molecule is CCN(CC)S(=O)(=O)c1ccc(F)c(C(=O)NNC(=O)COc2ccccc2F)c1. The van der Waals surface area contributed by atoms with Gasteiger partial charge in [-0.1, -0.05) is 26.0 Å². The molecule has 0 fully saturated rings. The number of hydrazine groups is 1. The summed E-state index contributed by atoms with van der Waals surface area (Å²) in [5.74, 6) is -3.69. The Kier molecular flexibility index (Phi) is 7.84. The Morgan fingerprint density at radius 1 is 1.00 bits per heavy atom. The van der Waals surface area contributed by atoms with Crippen LogP contribution in [0.25, 0.3) is 0 Å². The summed E-state index contributed by atoms with van der Waals surface area (Å²) in [6.45, 7) is 3.10. The van der Waals surface area contributed by atoms with Gasteiger partial charge in [0.1, 0.15) is 5.82 Å². The van der Waals surface area contributed by atoms with Crippen molar-refractivity contribution in [3.8, 4) is 5.75 Å². The van der Waals surface area contributed by atoms with E-state index in [9.17, 15) is 26.8 Å². The smallest absolute Gasteiger partial charge is 0.276 e. The molecule has 0 aromatic heterocycles. The highest BCUT2D eigenvalue weighted by molar-refractivity contribution is 7.89. The largest absolute Gasteiger partial charge is 0.481 e. The maximum atomic E-state index is 14.1. The third-order valence-corrected chi connectivity index (χ3v) is 6.08. The van der Waals surface area contributed by atoms with E-state index in [1.165, 1.54) is 18.2 Å². The summed E-state index contributed by atoms with van der Waals surface area (Å²) >= 11 is 0. The number of rotatable bonds is 8. The molecular formula is C19H21F2N3O5S. The number of amides is 2. The molecule has 0 unspecified atom stereocenters. The highest BCUT2D eigenvalue weighted by Crippen LogP contribution is 2.19. The van der Waals surface area contributed by atoms with Crippen LogP contribution in [-0.4, -0.2) is 44.2 Å². The lowest BCUT2D eigenvalue weighted by Gasteiger charge is -2.19. The summed E-state index contributed by atoms with van der Waals surface area (Å²) in [6, 6.07) is 8.23. The maximum absolute atomic E-state index is 14.1. The molecular weight excluding hydrogens is 420 g/mol. The van der Waals surface area contributed by atoms with Gasteiger partial charge in [-0.25, -0.2) is 17.2 Å². The first-order valence-electron chi connectivity index (χ1n) is 8.96. The van der Waals surface area contributed by atoms with Gasteiger partial charge in [-0.2, -0.15) is 4.31 Å². The van der Waals surface area contributed by atoms with Gasteiger partial charge in [0.15, 0.2) is 18.2 Å². The maximum Gasteiger partial charge on any atom is 0.276 e. The number of nitrogens with one attached hydrogen (secondary N) is 2. The summed E-state index contributed by atoms with van der Waals surface area (Å²) in [4.78, 5) is 23.7. The number of ether oxygens (including phenoxy) is 1. The Balaban J connectivity index is 2.04. The molecule has 0 radical (unpaired) electrons. The number of nitrogens with zero attached hydrogens (tertiary/aromatic N) is 1. The Morgan fingerprint density at radius 2 is 1.67 bits per heavy atom. The lowest BCUT2D eigenvalue weighted by Crippen LogP contribution is -2.44. The molecule has 2 N–H and O–H groups in total. The first kappa shape index (κ1) is 23.2. The average molecular weight is 441 g/mol. The van der Waals surface area contributed by atoms with Crippen LogP contribution in [-0.2, 0) is 14.8 Å². The number of carbonyl (C=O) groups excluding carboxylic acids is 2. The van der Waals surface area contributed by atoms with Crippen molar-refractivity contribution in [2.24, 2.45) is 0 Å². The quantitative estimate of drug-likeness (QED) is 0.609. The Morgan fingerprint density at radius 3 is 2.30 bits per heavy atom. The van der Waals surface area contributed by atoms with Crippen LogP contribution in [0.5, 0.6) is 5.75 Å². The first-order chi connectivity index (χ1) is 14.2. The fourth-order valence-electron chi connectivity index (χ4n) is 2.49. The molecule has 2 amide bonds. The molecule has 2 rings (SSSR count). The zero-order valence-electron chi connectivity index (χ0n) is 16.3. The normalized spacial score (nSPS) is 11.2. The number of hydrogen-bond donors (Lipinski definition) is 2. The van der Waals surface area contributed by atoms with Crippen LogP contribution in [0.4, 0.5) is 8.78 Å². The molecule has 0 spiro atoms. The molecule has 162 valence electrons. The number of hydrogen-bond acceptors (Lipinski definition) is 5. The van der Waals surface area contributed by atoms with Gasteiger partial charge in [0.2, 0.25) is 10.0 Å². The van der Waals surface area contributed by atoms with Crippen molar-refractivity contribution in [3.05, 3.63) is 59.7 Å². The van der Waals surface area contributed by atoms with E-state index in [0.717, 1.165) is 28.6 Å². The topological polar surface area (TPSA) is 105 Å². The molecule has 8 nitrogen and oxygen atoms in total. The second kappa shape index (κ2) is 10.1. The summed E-state index contributed by atoms with van der Waals surface area (Å²) in [5.41, 5.74) is 3.38. The molecule has 0 aliphatic rings. The van der Waals surface area contributed by atoms with Gasteiger partial charge in [-0.3, -0.25) is 20.4 Å². The van der Waals surface area contributed by atoms with Crippen LogP contribution in [0, 0.1) is 11.6 Å². The minimum atomic E-state index is -3.90. The van der Waals surface area contributed by atoms with E-state index in [4.69, 9.17) is 4.74 Å². The average Bonchev–Trinajstić information content (AvgIpc) is 2.72. The molecule has 0 aliphatic heterocycles. The number of benzene rings is 2.